The monoisotopic (exact) mass is 249 g/mol. The Bertz CT molecular complexity index is 388. The molecule has 1 atom stereocenters. The van der Waals surface area contributed by atoms with Gasteiger partial charge < -0.3 is 15.2 Å². The van der Waals surface area contributed by atoms with Gasteiger partial charge in [-0.3, -0.25) is 0 Å². The number of hydrogen-bond acceptors (Lipinski definition) is 3. The Hall–Kier alpha value is -1.22. The standard InChI is InChI=1S/C15H23NO2/c1-3-13(16)9-12-5-4-6-14(17-2)15(12)18-10-11-7-8-11/h4-6,11,13H,3,7-10,16H2,1-2H3. The third-order valence-electron chi connectivity index (χ3n) is 3.45. The van der Waals surface area contributed by atoms with E-state index in [4.69, 9.17) is 15.2 Å². The fraction of sp³-hybridized carbons (Fsp3) is 0.600. The lowest BCUT2D eigenvalue weighted by atomic mass is 10.0. The summed E-state index contributed by atoms with van der Waals surface area (Å²) in [5.74, 6) is 2.44. The van der Waals surface area contributed by atoms with Gasteiger partial charge in [-0.25, -0.2) is 0 Å². The van der Waals surface area contributed by atoms with Crippen LogP contribution in [0.3, 0.4) is 0 Å². The summed E-state index contributed by atoms with van der Waals surface area (Å²) < 4.78 is 11.3. The molecule has 1 unspecified atom stereocenters. The Balaban J connectivity index is 2.13. The van der Waals surface area contributed by atoms with Crippen LogP contribution in [-0.2, 0) is 6.42 Å². The van der Waals surface area contributed by atoms with Crippen molar-refractivity contribution >= 4 is 0 Å². The lowest BCUT2D eigenvalue weighted by molar-refractivity contribution is 0.277. The van der Waals surface area contributed by atoms with Crippen molar-refractivity contribution in [2.24, 2.45) is 11.7 Å². The fourth-order valence-electron chi connectivity index (χ4n) is 1.96. The Morgan fingerprint density at radius 1 is 1.39 bits per heavy atom. The van der Waals surface area contributed by atoms with Gasteiger partial charge in [-0.2, -0.15) is 0 Å². The zero-order valence-corrected chi connectivity index (χ0v) is 11.3. The first-order chi connectivity index (χ1) is 8.74. The second-order valence-corrected chi connectivity index (χ2v) is 5.08. The largest absolute Gasteiger partial charge is 0.493 e. The molecule has 0 bridgehead atoms. The molecule has 18 heavy (non-hydrogen) atoms. The van der Waals surface area contributed by atoms with Crippen LogP contribution in [0.5, 0.6) is 11.5 Å². The number of nitrogens with two attached hydrogens (primary N) is 1. The van der Waals surface area contributed by atoms with E-state index in [2.05, 4.69) is 13.0 Å². The molecule has 2 rings (SSSR count). The SMILES string of the molecule is CCC(N)Cc1cccc(OC)c1OCC1CC1. The van der Waals surface area contributed by atoms with Crippen molar-refractivity contribution in [3.05, 3.63) is 23.8 Å². The van der Waals surface area contributed by atoms with Crippen molar-refractivity contribution in [1.82, 2.24) is 0 Å². The van der Waals surface area contributed by atoms with E-state index in [-0.39, 0.29) is 6.04 Å². The van der Waals surface area contributed by atoms with Gasteiger partial charge in [0.05, 0.1) is 13.7 Å². The normalized spacial score (nSPS) is 16.4. The van der Waals surface area contributed by atoms with Gasteiger partial charge >= 0.3 is 0 Å². The van der Waals surface area contributed by atoms with Gasteiger partial charge in [0, 0.05) is 6.04 Å². The molecule has 1 saturated carbocycles. The molecule has 1 aliphatic carbocycles. The highest BCUT2D eigenvalue weighted by atomic mass is 16.5. The van der Waals surface area contributed by atoms with Crippen molar-refractivity contribution in [3.63, 3.8) is 0 Å². The van der Waals surface area contributed by atoms with Crippen LogP contribution in [-0.4, -0.2) is 19.8 Å². The first-order valence-corrected chi connectivity index (χ1v) is 6.78. The predicted octanol–water partition coefficient (Wildman–Crippen LogP) is 2.76. The highest BCUT2D eigenvalue weighted by molar-refractivity contribution is 5.47. The maximum absolute atomic E-state index is 6.04. The van der Waals surface area contributed by atoms with E-state index in [0.717, 1.165) is 42.4 Å². The number of ether oxygens (including phenoxy) is 2. The van der Waals surface area contributed by atoms with Crippen LogP contribution in [0.15, 0.2) is 18.2 Å². The van der Waals surface area contributed by atoms with E-state index in [1.807, 2.05) is 12.1 Å². The minimum Gasteiger partial charge on any atom is -0.493 e. The van der Waals surface area contributed by atoms with Crippen molar-refractivity contribution < 1.29 is 9.47 Å². The van der Waals surface area contributed by atoms with Gasteiger partial charge in [-0.05, 0) is 43.2 Å². The van der Waals surface area contributed by atoms with Gasteiger partial charge in [-0.15, -0.1) is 0 Å². The van der Waals surface area contributed by atoms with Crippen LogP contribution < -0.4 is 15.2 Å². The van der Waals surface area contributed by atoms with Crippen molar-refractivity contribution in [2.75, 3.05) is 13.7 Å². The number of rotatable bonds is 7. The summed E-state index contributed by atoms with van der Waals surface area (Å²) in [4.78, 5) is 0. The molecular weight excluding hydrogens is 226 g/mol. The number of benzene rings is 1. The van der Waals surface area contributed by atoms with Crippen molar-refractivity contribution in [1.29, 1.82) is 0 Å². The zero-order chi connectivity index (χ0) is 13.0. The van der Waals surface area contributed by atoms with Crippen LogP contribution in [0.1, 0.15) is 31.7 Å². The third kappa shape index (κ3) is 3.39. The van der Waals surface area contributed by atoms with E-state index >= 15 is 0 Å². The van der Waals surface area contributed by atoms with E-state index in [0.29, 0.717) is 0 Å². The number of methoxy groups -OCH3 is 1. The zero-order valence-electron chi connectivity index (χ0n) is 11.3. The van der Waals surface area contributed by atoms with Crippen molar-refractivity contribution in [2.45, 2.75) is 38.6 Å². The summed E-state index contributed by atoms with van der Waals surface area (Å²) in [6.45, 7) is 2.91. The molecule has 1 fully saturated rings. The molecule has 1 aromatic rings. The first kappa shape index (κ1) is 13.2. The van der Waals surface area contributed by atoms with Crippen LogP contribution in [0, 0.1) is 5.92 Å². The highest BCUT2D eigenvalue weighted by Crippen LogP contribution is 2.35. The Morgan fingerprint density at radius 3 is 2.78 bits per heavy atom. The van der Waals surface area contributed by atoms with E-state index in [1.54, 1.807) is 7.11 Å². The lowest BCUT2D eigenvalue weighted by Crippen LogP contribution is -2.22. The molecule has 100 valence electrons. The van der Waals surface area contributed by atoms with Crippen LogP contribution in [0.4, 0.5) is 0 Å². The van der Waals surface area contributed by atoms with Gasteiger partial charge in [0.15, 0.2) is 11.5 Å². The van der Waals surface area contributed by atoms with E-state index in [1.165, 1.54) is 12.8 Å². The lowest BCUT2D eigenvalue weighted by Gasteiger charge is -2.17. The Labute approximate surface area is 109 Å². The number of hydrogen-bond donors (Lipinski definition) is 1. The summed E-state index contributed by atoms with van der Waals surface area (Å²) in [6, 6.07) is 6.21. The summed E-state index contributed by atoms with van der Waals surface area (Å²) in [6.07, 6.45) is 4.39. The average molecular weight is 249 g/mol. The molecular formula is C15H23NO2. The molecule has 3 nitrogen and oxygen atoms in total. The molecule has 0 aromatic heterocycles. The molecule has 3 heteroatoms. The van der Waals surface area contributed by atoms with Gasteiger partial charge in [-0.1, -0.05) is 19.1 Å². The second-order valence-electron chi connectivity index (χ2n) is 5.08. The molecule has 1 aliphatic rings. The quantitative estimate of drug-likeness (QED) is 0.808. The van der Waals surface area contributed by atoms with Gasteiger partial charge in [0.2, 0.25) is 0 Å². The first-order valence-electron chi connectivity index (χ1n) is 6.78. The predicted molar refractivity (Wildman–Crippen MR) is 73.2 cm³/mol. The van der Waals surface area contributed by atoms with E-state index < -0.39 is 0 Å². The Morgan fingerprint density at radius 2 is 2.17 bits per heavy atom. The Kier molecular flexibility index (Phi) is 4.48. The van der Waals surface area contributed by atoms with Gasteiger partial charge in [0.25, 0.3) is 0 Å². The van der Waals surface area contributed by atoms with Crippen LogP contribution in [0.25, 0.3) is 0 Å². The second kappa shape index (κ2) is 6.10. The number of para-hydroxylation sites is 1. The molecule has 0 saturated heterocycles. The average Bonchev–Trinajstić information content (AvgIpc) is 3.20. The molecule has 0 amide bonds. The molecule has 0 spiro atoms. The van der Waals surface area contributed by atoms with Gasteiger partial charge in [0.1, 0.15) is 0 Å². The summed E-state index contributed by atoms with van der Waals surface area (Å²) in [5, 5.41) is 0. The molecule has 0 heterocycles. The maximum Gasteiger partial charge on any atom is 0.164 e. The maximum atomic E-state index is 6.04. The summed E-state index contributed by atoms with van der Waals surface area (Å²) in [7, 11) is 1.68. The molecule has 1 aromatic carbocycles. The topological polar surface area (TPSA) is 44.5 Å². The summed E-state index contributed by atoms with van der Waals surface area (Å²) in [5.41, 5.74) is 7.19. The minimum absolute atomic E-state index is 0.181. The highest BCUT2D eigenvalue weighted by Gasteiger charge is 2.23. The third-order valence-corrected chi connectivity index (χ3v) is 3.45. The minimum atomic E-state index is 0.181. The molecule has 2 N–H and O–H groups in total. The smallest absolute Gasteiger partial charge is 0.164 e. The fourth-order valence-corrected chi connectivity index (χ4v) is 1.96. The summed E-state index contributed by atoms with van der Waals surface area (Å²) >= 11 is 0. The van der Waals surface area contributed by atoms with E-state index in [9.17, 15) is 0 Å². The molecule has 0 aliphatic heterocycles. The van der Waals surface area contributed by atoms with Crippen LogP contribution in [0.2, 0.25) is 0 Å². The molecule has 0 radical (unpaired) electrons. The van der Waals surface area contributed by atoms with Crippen molar-refractivity contribution in [3.8, 4) is 11.5 Å². The van der Waals surface area contributed by atoms with Crippen LogP contribution >= 0.6 is 0 Å².